The first-order chi connectivity index (χ1) is 16.1. The molecule has 0 atom stereocenters. The normalized spacial score (nSPS) is 14.7. The van der Waals surface area contributed by atoms with Crippen molar-refractivity contribution in [3.8, 4) is 10.6 Å². The number of carbonyl (C=O) groups excluding carboxylic acids is 1. The third-order valence-electron chi connectivity index (χ3n) is 6.06. The number of carbonyl (C=O) groups is 1. The van der Waals surface area contributed by atoms with Gasteiger partial charge in [0.1, 0.15) is 11.6 Å². The van der Waals surface area contributed by atoms with Gasteiger partial charge in [-0.1, -0.05) is 0 Å². The zero-order chi connectivity index (χ0) is 22.8. The monoisotopic (exact) mass is 459 g/mol. The highest BCUT2D eigenvalue weighted by Crippen LogP contribution is 2.26. The van der Waals surface area contributed by atoms with Crippen molar-refractivity contribution in [1.82, 2.24) is 24.8 Å². The average Bonchev–Trinajstić information content (AvgIpc) is 3.39. The highest BCUT2D eigenvalue weighted by atomic mass is 32.1. The number of nitrogens with zero attached hydrogens (tertiary/aromatic N) is 6. The van der Waals surface area contributed by atoms with E-state index in [1.165, 1.54) is 11.3 Å². The first-order valence-electron chi connectivity index (χ1n) is 10.9. The van der Waals surface area contributed by atoms with Gasteiger partial charge in [0.05, 0.1) is 16.1 Å². The summed E-state index contributed by atoms with van der Waals surface area (Å²) in [5.41, 5.74) is 3.20. The van der Waals surface area contributed by atoms with Crippen LogP contribution in [0.5, 0.6) is 0 Å². The summed E-state index contributed by atoms with van der Waals surface area (Å²) in [4.78, 5) is 36.0. The first kappa shape index (κ1) is 21.4. The maximum atomic E-state index is 13.0. The van der Waals surface area contributed by atoms with Crippen molar-refractivity contribution in [2.75, 3.05) is 37.4 Å². The fraction of sp³-hybridized carbons (Fsp3) is 0.292. The molecule has 4 aromatic rings. The molecule has 0 spiro atoms. The zero-order valence-corrected chi connectivity index (χ0v) is 19.4. The fourth-order valence-corrected chi connectivity index (χ4v) is 4.71. The molecule has 1 aliphatic rings. The van der Waals surface area contributed by atoms with Gasteiger partial charge in [-0.05, 0) is 56.6 Å². The van der Waals surface area contributed by atoms with Gasteiger partial charge in [0.15, 0.2) is 0 Å². The second-order valence-corrected chi connectivity index (χ2v) is 9.28. The number of aromatic nitrogens is 4. The Hall–Kier alpha value is -3.43. The van der Waals surface area contributed by atoms with Gasteiger partial charge in [0, 0.05) is 54.9 Å². The number of nitrogens with one attached hydrogen (secondary N) is 1. The molecule has 0 saturated carbocycles. The summed E-state index contributed by atoms with van der Waals surface area (Å²) in [5, 5.41) is 4.79. The quantitative estimate of drug-likeness (QED) is 0.484. The Morgan fingerprint density at radius 2 is 1.88 bits per heavy atom. The zero-order valence-electron chi connectivity index (χ0n) is 18.6. The van der Waals surface area contributed by atoms with Crippen LogP contribution in [0, 0.1) is 0 Å². The van der Waals surface area contributed by atoms with Gasteiger partial charge in [0.2, 0.25) is 0 Å². The minimum Gasteiger partial charge on any atom is -0.356 e. The lowest BCUT2D eigenvalue weighted by atomic mass is 10.0. The van der Waals surface area contributed by atoms with Crippen LogP contribution in [0.3, 0.4) is 0 Å². The summed E-state index contributed by atoms with van der Waals surface area (Å²) in [6.07, 6.45) is 9.18. The number of fused-ring (bicyclic) bond motifs is 1. The van der Waals surface area contributed by atoms with E-state index in [-0.39, 0.29) is 5.91 Å². The first-order valence-corrected chi connectivity index (χ1v) is 11.8. The van der Waals surface area contributed by atoms with Gasteiger partial charge in [-0.15, -0.1) is 11.3 Å². The lowest BCUT2D eigenvalue weighted by Crippen LogP contribution is -2.42. The minimum absolute atomic E-state index is 0.203. The summed E-state index contributed by atoms with van der Waals surface area (Å²) in [7, 11) is 4.25. The molecule has 8 nitrogen and oxygen atoms in total. The van der Waals surface area contributed by atoms with E-state index >= 15 is 0 Å². The Balaban J connectivity index is 1.32. The molecule has 168 valence electrons. The molecule has 5 rings (SSSR count). The molecule has 1 N–H and O–H groups in total. The van der Waals surface area contributed by atoms with Gasteiger partial charge in [0.25, 0.3) is 5.91 Å². The molecule has 0 aromatic carbocycles. The molecule has 0 unspecified atom stereocenters. The number of pyridine rings is 3. The Labute approximate surface area is 196 Å². The van der Waals surface area contributed by atoms with Crippen LogP contribution in [0.1, 0.15) is 23.2 Å². The molecule has 1 amide bonds. The number of rotatable bonds is 5. The molecule has 1 aliphatic heterocycles. The number of hydrogen-bond donors (Lipinski definition) is 1. The van der Waals surface area contributed by atoms with Gasteiger partial charge >= 0.3 is 0 Å². The van der Waals surface area contributed by atoms with Crippen molar-refractivity contribution >= 4 is 39.7 Å². The Morgan fingerprint density at radius 1 is 1.06 bits per heavy atom. The maximum Gasteiger partial charge on any atom is 0.257 e. The van der Waals surface area contributed by atoms with E-state index in [1.54, 1.807) is 36.4 Å². The number of piperidine rings is 1. The number of anilines is 2. The molecule has 33 heavy (non-hydrogen) atoms. The molecule has 0 bridgehead atoms. The molecule has 5 heterocycles. The molecular weight excluding hydrogens is 434 g/mol. The van der Waals surface area contributed by atoms with E-state index in [0.29, 0.717) is 17.4 Å². The van der Waals surface area contributed by atoms with E-state index < -0.39 is 0 Å². The third kappa shape index (κ3) is 4.69. The highest BCUT2D eigenvalue weighted by molar-refractivity contribution is 7.13. The molecule has 1 saturated heterocycles. The van der Waals surface area contributed by atoms with Crippen LogP contribution in [0.15, 0.2) is 54.6 Å². The standard InChI is InChI=1S/C24H25N7OS/c1-30(2)19-4-7-31(8-5-19)23-11-16(3-6-26-23)24(32)29-22-10-17-9-20(21-14-25-15-33-21)27-12-18(17)13-28-22/h3,6,9-15,19H,4-5,7-8H2,1-2H3,(H,28,29,32). The lowest BCUT2D eigenvalue weighted by molar-refractivity contribution is 0.102. The summed E-state index contributed by atoms with van der Waals surface area (Å²) in [5.74, 6) is 1.14. The molecule has 0 radical (unpaired) electrons. The van der Waals surface area contributed by atoms with Crippen LogP contribution in [-0.2, 0) is 0 Å². The van der Waals surface area contributed by atoms with Gasteiger partial charge in [-0.25, -0.2) is 9.97 Å². The smallest absolute Gasteiger partial charge is 0.257 e. The number of thiazole rings is 1. The predicted molar refractivity (Wildman–Crippen MR) is 132 cm³/mol. The molecule has 1 fully saturated rings. The van der Waals surface area contributed by atoms with Crippen LogP contribution >= 0.6 is 11.3 Å². The number of hydrogen-bond acceptors (Lipinski definition) is 8. The number of amides is 1. The van der Waals surface area contributed by atoms with Crippen molar-refractivity contribution in [2.45, 2.75) is 18.9 Å². The topological polar surface area (TPSA) is 87.1 Å². The van der Waals surface area contributed by atoms with E-state index in [9.17, 15) is 4.79 Å². The Bertz CT molecular complexity index is 1270. The van der Waals surface area contributed by atoms with E-state index in [4.69, 9.17) is 0 Å². The van der Waals surface area contributed by atoms with Crippen molar-refractivity contribution in [2.24, 2.45) is 0 Å². The Morgan fingerprint density at radius 3 is 2.64 bits per heavy atom. The van der Waals surface area contributed by atoms with Crippen molar-refractivity contribution < 1.29 is 4.79 Å². The Kier molecular flexibility index (Phi) is 5.97. The SMILES string of the molecule is CN(C)C1CCN(c2cc(C(=O)Nc3cc4cc(-c5cncs5)ncc4cn3)ccn2)CC1. The second-order valence-electron chi connectivity index (χ2n) is 8.39. The van der Waals surface area contributed by atoms with Crippen molar-refractivity contribution in [3.05, 3.63) is 60.1 Å². The van der Waals surface area contributed by atoms with Gasteiger partial charge in [-0.3, -0.25) is 14.8 Å². The van der Waals surface area contributed by atoms with Crippen LogP contribution in [0.2, 0.25) is 0 Å². The van der Waals surface area contributed by atoms with E-state index in [2.05, 4.69) is 49.1 Å². The van der Waals surface area contributed by atoms with Gasteiger partial charge in [-0.2, -0.15) is 0 Å². The lowest BCUT2D eigenvalue weighted by Gasteiger charge is -2.35. The molecule has 4 aromatic heterocycles. The second kappa shape index (κ2) is 9.21. The maximum absolute atomic E-state index is 13.0. The minimum atomic E-state index is -0.203. The fourth-order valence-electron chi connectivity index (χ4n) is 4.12. The van der Waals surface area contributed by atoms with Crippen LogP contribution in [-0.4, -0.2) is 64.0 Å². The van der Waals surface area contributed by atoms with E-state index in [0.717, 1.165) is 53.1 Å². The predicted octanol–water partition coefficient (Wildman–Crippen LogP) is 3.93. The average molecular weight is 460 g/mol. The van der Waals surface area contributed by atoms with Crippen LogP contribution in [0.4, 0.5) is 11.6 Å². The van der Waals surface area contributed by atoms with Crippen molar-refractivity contribution in [3.63, 3.8) is 0 Å². The highest BCUT2D eigenvalue weighted by Gasteiger charge is 2.22. The van der Waals surface area contributed by atoms with Crippen LogP contribution < -0.4 is 10.2 Å². The van der Waals surface area contributed by atoms with E-state index in [1.807, 2.05) is 18.2 Å². The summed E-state index contributed by atoms with van der Waals surface area (Å²) in [6, 6.07) is 8.05. The molecular formula is C24H25N7OS. The molecule has 9 heteroatoms. The van der Waals surface area contributed by atoms with Crippen molar-refractivity contribution in [1.29, 1.82) is 0 Å². The summed E-state index contributed by atoms with van der Waals surface area (Å²) < 4.78 is 0. The summed E-state index contributed by atoms with van der Waals surface area (Å²) >= 11 is 1.54. The van der Waals surface area contributed by atoms with Gasteiger partial charge < -0.3 is 15.1 Å². The largest absolute Gasteiger partial charge is 0.356 e. The summed E-state index contributed by atoms with van der Waals surface area (Å²) in [6.45, 7) is 1.87. The van der Waals surface area contributed by atoms with Crippen LogP contribution in [0.25, 0.3) is 21.3 Å². The molecule has 0 aliphatic carbocycles. The third-order valence-corrected chi connectivity index (χ3v) is 6.85.